The number of rotatable bonds is 5. The average Bonchev–Trinajstić information content (AvgIpc) is 2.41. The fourth-order valence-corrected chi connectivity index (χ4v) is 3.19. The summed E-state index contributed by atoms with van der Waals surface area (Å²) in [6, 6.07) is 11.0. The topological polar surface area (TPSA) is 3.24 Å². The third-order valence-corrected chi connectivity index (χ3v) is 4.48. The van der Waals surface area contributed by atoms with Gasteiger partial charge in [-0.2, -0.15) is 0 Å². The Morgan fingerprint density at radius 1 is 1.05 bits per heavy atom. The van der Waals surface area contributed by atoms with Crippen molar-refractivity contribution in [1.29, 1.82) is 0 Å². The van der Waals surface area contributed by atoms with Crippen LogP contribution in [0.3, 0.4) is 0 Å². The van der Waals surface area contributed by atoms with Crippen molar-refractivity contribution >= 4 is 0 Å². The normalized spacial score (nSPS) is 18.4. The van der Waals surface area contributed by atoms with Gasteiger partial charge in [0.2, 0.25) is 0 Å². The molecule has 112 valence electrons. The molecule has 1 heterocycles. The second kappa shape index (κ2) is 7.26. The Bertz CT molecular complexity index is 369. The molecule has 1 saturated heterocycles. The summed E-state index contributed by atoms with van der Waals surface area (Å²) in [5.41, 5.74) is 2.00. The van der Waals surface area contributed by atoms with Crippen molar-refractivity contribution in [3.05, 3.63) is 35.9 Å². The van der Waals surface area contributed by atoms with Crippen LogP contribution >= 0.6 is 0 Å². The predicted octanol–water partition coefficient (Wildman–Crippen LogP) is 4.77. The lowest BCUT2D eigenvalue weighted by Crippen LogP contribution is -2.35. The summed E-state index contributed by atoms with van der Waals surface area (Å²) in [6.45, 7) is 11.0. The van der Waals surface area contributed by atoms with E-state index >= 15 is 0 Å². The van der Waals surface area contributed by atoms with Gasteiger partial charge < -0.3 is 4.90 Å². The van der Waals surface area contributed by atoms with Crippen molar-refractivity contribution in [3.8, 4) is 0 Å². The number of hydrogen-bond acceptors (Lipinski definition) is 1. The van der Waals surface area contributed by atoms with Gasteiger partial charge in [-0.25, -0.2) is 0 Å². The van der Waals surface area contributed by atoms with Gasteiger partial charge in [-0.05, 0) is 68.6 Å². The van der Waals surface area contributed by atoms with Crippen molar-refractivity contribution in [3.63, 3.8) is 0 Å². The van der Waals surface area contributed by atoms with Gasteiger partial charge in [-0.1, -0.05) is 51.1 Å². The summed E-state index contributed by atoms with van der Waals surface area (Å²) >= 11 is 0. The maximum Gasteiger partial charge on any atom is -0.00160 e. The summed E-state index contributed by atoms with van der Waals surface area (Å²) in [5.74, 6) is 0.899. The van der Waals surface area contributed by atoms with E-state index in [9.17, 15) is 0 Å². The van der Waals surface area contributed by atoms with E-state index < -0.39 is 0 Å². The molecule has 1 fully saturated rings. The molecule has 1 heteroatoms. The molecule has 0 bridgehead atoms. The van der Waals surface area contributed by atoms with E-state index in [-0.39, 0.29) is 0 Å². The molecule has 0 spiro atoms. The molecule has 0 aliphatic carbocycles. The lowest BCUT2D eigenvalue weighted by molar-refractivity contribution is 0.174. The van der Waals surface area contributed by atoms with E-state index in [0.29, 0.717) is 5.41 Å². The van der Waals surface area contributed by atoms with E-state index in [1.807, 2.05) is 0 Å². The quantitative estimate of drug-likeness (QED) is 0.747. The maximum atomic E-state index is 2.67. The van der Waals surface area contributed by atoms with Gasteiger partial charge in [0.05, 0.1) is 0 Å². The molecule has 0 radical (unpaired) electrons. The van der Waals surface area contributed by atoms with Crippen molar-refractivity contribution in [2.75, 3.05) is 19.6 Å². The largest absolute Gasteiger partial charge is 0.303 e. The molecule has 1 aliphatic heterocycles. The Kier molecular flexibility index (Phi) is 5.65. The monoisotopic (exact) mass is 273 g/mol. The maximum absolute atomic E-state index is 2.67. The Balaban J connectivity index is 1.65. The van der Waals surface area contributed by atoms with Gasteiger partial charge in [0.1, 0.15) is 0 Å². The van der Waals surface area contributed by atoms with Gasteiger partial charge in [0.25, 0.3) is 0 Å². The van der Waals surface area contributed by atoms with E-state index in [2.05, 4.69) is 56.0 Å². The van der Waals surface area contributed by atoms with Gasteiger partial charge in [0.15, 0.2) is 0 Å². The highest BCUT2D eigenvalue weighted by Gasteiger charge is 2.19. The molecular weight excluding hydrogens is 242 g/mol. The van der Waals surface area contributed by atoms with Crippen molar-refractivity contribution < 1.29 is 0 Å². The summed E-state index contributed by atoms with van der Waals surface area (Å²) in [5, 5.41) is 0. The van der Waals surface area contributed by atoms with E-state index in [1.54, 1.807) is 0 Å². The average molecular weight is 273 g/mol. The van der Waals surface area contributed by atoms with Gasteiger partial charge in [-0.15, -0.1) is 0 Å². The van der Waals surface area contributed by atoms with Crippen LogP contribution in [0.2, 0.25) is 0 Å². The van der Waals surface area contributed by atoms with Crippen LogP contribution in [0.5, 0.6) is 0 Å². The molecule has 1 nitrogen and oxygen atoms in total. The van der Waals surface area contributed by atoms with Crippen molar-refractivity contribution in [1.82, 2.24) is 4.90 Å². The molecule has 1 aromatic rings. The SMILES string of the molecule is CC(C)(C)CCCN1CCC(Cc2ccccc2)CC1. The Labute approximate surface area is 125 Å². The number of piperidine rings is 1. The van der Waals surface area contributed by atoms with Crippen LogP contribution in [-0.4, -0.2) is 24.5 Å². The molecule has 2 rings (SSSR count). The Morgan fingerprint density at radius 2 is 1.70 bits per heavy atom. The first kappa shape index (κ1) is 15.6. The van der Waals surface area contributed by atoms with E-state index in [0.717, 1.165) is 5.92 Å². The van der Waals surface area contributed by atoms with Crippen LogP contribution in [0, 0.1) is 11.3 Å². The molecule has 0 unspecified atom stereocenters. The standard InChI is InChI=1S/C19H31N/c1-19(2,3)12-7-13-20-14-10-18(11-15-20)16-17-8-5-4-6-9-17/h4-6,8-9,18H,7,10-16H2,1-3H3. The Hall–Kier alpha value is -0.820. The first-order valence-corrected chi connectivity index (χ1v) is 8.29. The molecule has 1 aromatic carbocycles. The zero-order valence-electron chi connectivity index (χ0n) is 13.6. The number of benzene rings is 1. The summed E-state index contributed by atoms with van der Waals surface area (Å²) in [6.07, 6.45) is 6.73. The zero-order chi connectivity index (χ0) is 14.4. The smallest absolute Gasteiger partial charge is 0.00160 e. The minimum Gasteiger partial charge on any atom is -0.303 e. The number of nitrogens with zero attached hydrogens (tertiary/aromatic N) is 1. The van der Waals surface area contributed by atoms with Gasteiger partial charge in [0, 0.05) is 0 Å². The molecule has 20 heavy (non-hydrogen) atoms. The van der Waals surface area contributed by atoms with Crippen molar-refractivity contribution in [2.24, 2.45) is 11.3 Å². The third kappa shape index (κ3) is 5.66. The first-order valence-electron chi connectivity index (χ1n) is 8.29. The van der Waals surface area contributed by atoms with E-state index in [4.69, 9.17) is 0 Å². The molecule has 0 N–H and O–H groups in total. The molecular formula is C19H31N. The minimum absolute atomic E-state index is 0.492. The Morgan fingerprint density at radius 3 is 2.30 bits per heavy atom. The van der Waals surface area contributed by atoms with E-state index in [1.165, 1.54) is 57.3 Å². The molecule has 0 saturated carbocycles. The third-order valence-electron chi connectivity index (χ3n) is 4.48. The summed E-state index contributed by atoms with van der Waals surface area (Å²) in [4.78, 5) is 2.67. The second-order valence-corrected chi connectivity index (χ2v) is 7.64. The van der Waals surface area contributed by atoms with Gasteiger partial charge in [-0.3, -0.25) is 0 Å². The number of hydrogen-bond donors (Lipinski definition) is 0. The van der Waals surface area contributed by atoms with Crippen LogP contribution in [0.1, 0.15) is 52.0 Å². The first-order chi connectivity index (χ1) is 9.53. The highest BCUT2D eigenvalue weighted by Crippen LogP contribution is 2.24. The van der Waals surface area contributed by atoms with Crippen LogP contribution in [0.25, 0.3) is 0 Å². The zero-order valence-corrected chi connectivity index (χ0v) is 13.6. The highest BCUT2D eigenvalue weighted by atomic mass is 15.1. The molecule has 0 amide bonds. The van der Waals surface area contributed by atoms with Crippen molar-refractivity contribution in [2.45, 2.75) is 52.9 Å². The van der Waals surface area contributed by atoms with Crippen LogP contribution in [0.15, 0.2) is 30.3 Å². The summed E-state index contributed by atoms with van der Waals surface area (Å²) in [7, 11) is 0. The highest BCUT2D eigenvalue weighted by molar-refractivity contribution is 5.15. The summed E-state index contributed by atoms with van der Waals surface area (Å²) < 4.78 is 0. The fourth-order valence-electron chi connectivity index (χ4n) is 3.19. The van der Waals surface area contributed by atoms with Crippen LogP contribution < -0.4 is 0 Å². The number of likely N-dealkylation sites (tertiary alicyclic amines) is 1. The molecule has 1 aliphatic rings. The predicted molar refractivity (Wildman–Crippen MR) is 88.0 cm³/mol. The lowest BCUT2D eigenvalue weighted by Gasteiger charge is -2.32. The lowest BCUT2D eigenvalue weighted by atomic mass is 9.89. The van der Waals surface area contributed by atoms with Crippen LogP contribution in [-0.2, 0) is 6.42 Å². The van der Waals surface area contributed by atoms with Crippen LogP contribution in [0.4, 0.5) is 0 Å². The molecule has 0 aromatic heterocycles. The van der Waals surface area contributed by atoms with Gasteiger partial charge >= 0.3 is 0 Å². The second-order valence-electron chi connectivity index (χ2n) is 7.64. The fraction of sp³-hybridized carbons (Fsp3) is 0.684. The minimum atomic E-state index is 0.492. The molecule has 0 atom stereocenters.